The average Bonchev–Trinajstić information content (AvgIpc) is 3.06. The van der Waals surface area contributed by atoms with E-state index in [9.17, 15) is 9.18 Å². The minimum atomic E-state index is -0.609. The van der Waals surface area contributed by atoms with Gasteiger partial charge in [-0.3, -0.25) is 14.8 Å². The maximum Gasteiger partial charge on any atom is 0.264 e. The minimum absolute atomic E-state index is 0.197. The van der Waals surface area contributed by atoms with Crippen molar-refractivity contribution in [3.05, 3.63) is 59.9 Å². The zero-order valence-corrected chi connectivity index (χ0v) is 13.0. The van der Waals surface area contributed by atoms with Crippen molar-refractivity contribution in [2.24, 2.45) is 5.16 Å². The summed E-state index contributed by atoms with van der Waals surface area (Å²) < 4.78 is 12.9. The highest BCUT2D eigenvalue weighted by Gasteiger charge is 2.27. The number of hydrogen-bond donors (Lipinski definition) is 1. The van der Waals surface area contributed by atoms with Gasteiger partial charge in [-0.2, -0.15) is 0 Å². The van der Waals surface area contributed by atoms with E-state index in [2.05, 4.69) is 20.4 Å². The lowest BCUT2D eigenvalue weighted by Crippen LogP contribution is -2.36. The van der Waals surface area contributed by atoms with Crippen LogP contribution in [0.15, 0.2) is 48.0 Å². The van der Waals surface area contributed by atoms with E-state index in [1.165, 1.54) is 12.1 Å². The van der Waals surface area contributed by atoms with Crippen LogP contribution >= 0.6 is 0 Å². The van der Waals surface area contributed by atoms with Crippen molar-refractivity contribution in [1.29, 1.82) is 0 Å². The summed E-state index contributed by atoms with van der Waals surface area (Å²) in [6, 6.07) is 6.21. The van der Waals surface area contributed by atoms with E-state index in [-0.39, 0.29) is 11.7 Å². The van der Waals surface area contributed by atoms with E-state index in [0.29, 0.717) is 25.8 Å². The maximum atomic E-state index is 12.9. The van der Waals surface area contributed by atoms with Crippen LogP contribution in [0.1, 0.15) is 17.7 Å². The van der Waals surface area contributed by atoms with Crippen molar-refractivity contribution >= 4 is 11.6 Å². The molecule has 0 aliphatic carbocycles. The number of nitrogens with zero attached hydrogens (tertiary/aromatic N) is 3. The van der Waals surface area contributed by atoms with E-state index in [1.54, 1.807) is 30.7 Å². The molecule has 1 unspecified atom stereocenters. The van der Waals surface area contributed by atoms with Crippen LogP contribution in [0.25, 0.3) is 0 Å². The highest BCUT2D eigenvalue weighted by molar-refractivity contribution is 5.93. The molecule has 1 aromatic carbocycles. The molecule has 124 valence electrons. The fraction of sp³-hybridized carbons (Fsp3) is 0.294. The standard InChI is InChI=1S/C17H17FN4O2/c18-13-3-1-12(2-4-13)9-15-10-16(24-22-15)17(23)21-6-5-14-11-19-7-8-20-14/h1-4,7-8,11,16H,5-6,9-10H2,(H,21,23). The SMILES string of the molecule is O=C(NCCc1cnccn1)C1CC(Cc2ccc(F)cc2)=NO1. The summed E-state index contributed by atoms with van der Waals surface area (Å²) in [7, 11) is 0. The molecule has 1 N–H and O–H groups in total. The first-order valence-corrected chi connectivity index (χ1v) is 7.69. The summed E-state index contributed by atoms with van der Waals surface area (Å²) >= 11 is 0. The Hall–Kier alpha value is -2.83. The molecule has 0 radical (unpaired) electrons. The Morgan fingerprint density at radius 1 is 1.29 bits per heavy atom. The van der Waals surface area contributed by atoms with E-state index < -0.39 is 6.10 Å². The molecule has 1 aliphatic rings. The monoisotopic (exact) mass is 328 g/mol. The van der Waals surface area contributed by atoms with Gasteiger partial charge >= 0.3 is 0 Å². The Balaban J connectivity index is 1.42. The number of nitrogens with one attached hydrogen (secondary N) is 1. The molecule has 0 bridgehead atoms. The van der Waals surface area contributed by atoms with Gasteiger partial charge in [-0.05, 0) is 17.7 Å². The van der Waals surface area contributed by atoms with Crippen molar-refractivity contribution in [1.82, 2.24) is 15.3 Å². The fourth-order valence-corrected chi connectivity index (χ4v) is 2.40. The van der Waals surface area contributed by atoms with Crippen molar-refractivity contribution in [3.8, 4) is 0 Å². The first-order valence-electron chi connectivity index (χ1n) is 7.69. The normalized spacial score (nSPS) is 16.4. The van der Waals surface area contributed by atoms with Gasteiger partial charge in [-0.15, -0.1) is 0 Å². The Morgan fingerprint density at radius 3 is 2.88 bits per heavy atom. The highest BCUT2D eigenvalue weighted by Crippen LogP contribution is 2.15. The third kappa shape index (κ3) is 4.34. The summed E-state index contributed by atoms with van der Waals surface area (Å²) in [5.74, 6) is -0.472. The Bertz CT molecular complexity index is 719. The summed E-state index contributed by atoms with van der Waals surface area (Å²) in [5.41, 5.74) is 2.52. The van der Waals surface area contributed by atoms with Crippen molar-refractivity contribution in [3.63, 3.8) is 0 Å². The Morgan fingerprint density at radius 2 is 2.12 bits per heavy atom. The lowest BCUT2D eigenvalue weighted by molar-refractivity contribution is -0.131. The van der Waals surface area contributed by atoms with Crippen LogP contribution in [0, 0.1) is 5.82 Å². The maximum absolute atomic E-state index is 12.9. The molecule has 2 heterocycles. The van der Waals surface area contributed by atoms with Crippen molar-refractivity contribution in [2.75, 3.05) is 6.54 Å². The molecule has 1 atom stereocenters. The minimum Gasteiger partial charge on any atom is -0.382 e. The van der Waals surface area contributed by atoms with Gasteiger partial charge in [0.2, 0.25) is 6.10 Å². The number of hydrogen-bond acceptors (Lipinski definition) is 5. The molecule has 1 amide bonds. The van der Waals surface area contributed by atoms with Crippen LogP contribution in [-0.2, 0) is 22.5 Å². The van der Waals surface area contributed by atoms with E-state index in [0.717, 1.165) is 17.0 Å². The van der Waals surface area contributed by atoms with Crippen molar-refractivity contribution < 1.29 is 14.0 Å². The molecule has 0 saturated heterocycles. The summed E-state index contributed by atoms with van der Waals surface area (Å²) in [6.45, 7) is 0.463. The van der Waals surface area contributed by atoms with Gasteiger partial charge in [0, 0.05) is 44.4 Å². The van der Waals surface area contributed by atoms with E-state index in [1.807, 2.05) is 0 Å². The molecule has 0 fully saturated rings. The van der Waals surface area contributed by atoms with Crippen LogP contribution in [0.4, 0.5) is 4.39 Å². The molecule has 0 saturated carbocycles. The molecular formula is C17H17FN4O2. The van der Waals surface area contributed by atoms with E-state index >= 15 is 0 Å². The van der Waals surface area contributed by atoms with Crippen LogP contribution in [-0.4, -0.2) is 34.2 Å². The lowest BCUT2D eigenvalue weighted by atomic mass is 10.0. The topological polar surface area (TPSA) is 76.5 Å². The number of halogens is 1. The van der Waals surface area contributed by atoms with Crippen LogP contribution in [0.2, 0.25) is 0 Å². The quantitative estimate of drug-likeness (QED) is 0.875. The van der Waals surface area contributed by atoms with Gasteiger partial charge < -0.3 is 10.2 Å². The lowest BCUT2D eigenvalue weighted by Gasteiger charge is -2.09. The molecule has 0 spiro atoms. The Kier molecular flexibility index (Phi) is 5.10. The largest absolute Gasteiger partial charge is 0.382 e. The predicted octanol–water partition coefficient (Wildman–Crippen LogP) is 1.66. The zero-order valence-electron chi connectivity index (χ0n) is 13.0. The van der Waals surface area contributed by atoms with Crippen LogP contribution < -0.4 is 5.32 Å². The molecule has 1 aliphatic heterocycles. The van der Waals surface area contributed by atoms with Gasteiger partial charge in [-0.25, -0.2) is 4.39 Å². The molecule has 6 nitrogen and oxygen atoms in total. The number of carbonyl (C=O) groups is 1. The van der Waals surface area contributed by atoms with Crippen LogP contribution in [0.5, 0.6) is 0 Å². The van der Waals surface area contributed by atoms with Gasteiger partial charge in [0.25, 0.3) is 5.91 Å². The van der Waals surface area contributed by atoms with Crippen LogP contribution in [0.3, 0.4) is 0 Å². The predicted molar refractivity (Wildman–Crippen MR) is 85.8 cm³/mol. The number of benzene rings is 1. The number of rotatable bonds is 6. The van der Waals surface area contributed by atoms with Gasteiger partial charge in [-0.1, -0.05) is 17.3 Å². The molecular weight excluding hydrogens is 311 g/mol. The second-order valence-corrected chi connectivity index (χ2v) is 5.50. The van der Waals surface area contributed by atoms with E-state index in [4.69, 9.17) is 4.84 Å². The summed E-state index contributed by atoms with van der Waals surface area (Å²) in [6.07, 6.45) is 5.87. The number of oxime groups is 1. The number of carbonyl (C=O) groups excluding carboxylic acids is 1. The van der Waals surface area contributed by atoms with Gasteiger partial charge in [0.1, 0.15) is 5.82 Å². The number of aromatic nitrogens is 2. The van der Waals surface area contributed by atoms with Crippen molar-refractivity contribution in [2.45, 2.75) is 25.4 Å². The molecule has 2 aromatic rings. The second-order valence-electron chi connectivity index (χ2n) is 5.50. The first-order chi connectivity index (χ1) is 11.7. The summed E-state index contributed by atoms with van der Waals surface area (Å²) in [4.78, 5) is 25.4. The second kappa shape index (κ2) is 7.63. The zero-order chi connectivity index (χ0) is 16.8. The molecule has 24 heavy (non-hydrogen) atoms. The van der Waals surface area contributed by atoms with Gasteiger partial charge in [0.15, 0.2) is 0 Å². The average molecular weight is 328 g/mol. The fourth-order valence-electron chi connectivity index (χ4n) is 2.40. The molecule has 3 rings (SSSR count). The third-order valence-corrected chi connectivity index (χ3v) is 3.64. The Labute approximate surface area is 138 Å². The van der Waals surface area contributed by atoms with Gasteiger partial charge in [0.05, 0.1) is 11.4 Å². The first kappa shape index (κ1) is 16.0. The molecule has 1 aromatic heterocycles. The smallest absolute Gasteiger partial charge is 0.264 e. The summed E-state index contributed by atoms with van der Waals surface area (Å²) in [5, 5.41) is 6.77. The highest BCUT2D eigenvalue weighted by atomic mass is 19.1. The number of amides is 1. The third-order valence-electron chi connectivity index (χ3n) is 3.64. The molecule has 7 heteroatoms.